The van der Waals surface area contributed by atoms with Crippen molar-refractivity contribution in [1.29, 1.82) is 0 Å². The quantitative estimate of drug-likeness (QED) is 0.696. The molecule has 0 saturated heterocycles. The van der Waals surface area contributed by atoms with Crippen LogP contribution < -0.4 is 5.32 Å². The molecule has 1 aromatic heterocycles. The molecule has 0 fully saturated rings. The lowest BCUT2D eigenvalue weighted by molar-refractivity contribution is -0.127. The Kier molecular flexibility index (Phi) is 5.67. The number of aryl methyl sites for hydroxylation is 1. The lowest BCUT2D eigenvalue weighted by Gasteiger charge is -2.35. The predicted molar refractivity (Wildman–Crippen MR) is 105 cm³/mol. The molecule has 1 N–H and O–H groups in total. The molecule has 2 aromatic carbocycles. The minimum absolute atomic E-state index is 0.0298. The normalized spacial score (nSPS) is 16.4. The first kappa shape index (κ1) is 19.3. The van der Waals surface area contributed by atoms with Crippen LogP contribution >= 0.6 is 0 Å². The Morgan fingerprint density at radius 2 is 1.97 bits per heavy atom. The van der Waals surface area contributed by atoms with Gasteiger partial charge in [0.1, 0.15) is 5.82 Å². The molecule has 0 aliphatic carbocycles. The van der Waals surface area contributed by atoms with E-state index in [0.29, 0.717) is 44.2 Å². The number of aromatic nitrogens is 2. The summed E-state index contributed by atoms with van der Waals surface area (Å²) in [7, 11) is 0. The molecule has 0 unspecified atom stereocenters. The zero-order valence-electron chi connectivity index (χ0n) is 16.3. The van der Waals surface area contributed by atoms with Crippen LogP contribution in [0.15, 0.2) is 53.1 Å². The molecule has 0 radical (unpaired) electrons. The molecular weight excluding hydrogens is 371 g/mol. The number of nitrogens with one attached hydrogen (secondary N) is 1. The number of hydrogen-bond donors (Lipinski definition) is 1. The van der Waals surface area contributed by atoms with Gasteiger partial charge in [-0.05, 0) is 48.6 Å². The van der Waals surface area contributed by atoms with E-state index in [-0.39, 0.29) is 17.8 Å². The third kappa shape index (κ3) is 4.68. The monoisotopic (exact) mass is 394 g/mol. The summed E-state index contributed by atoms with van der Waals surface area (Å²) >= 11 is 0. The molecule has 6 nitrogen and oxygen atoms in total. The summed E-state index contributed by atoms with van der Waals surface area (Å²) in [6.07, 6.45) is 1.28. The fraction of sp³-hybridized carbons (Fsp3) is 0.318. The van der Waals surface area contributed by atoms with Crippen molar-refractivity contribution in [2.75, 3.05) is 6.54 Å². The Bertz CT molecular complexity index is 986. The van der Waals surface area contributed by atoms with Crippen molar-refractivity contribution >= 4 is 5.91 Å². The van der Waals surface area contributed by atoms with E-state index in [9.17, 15) is 9.18 Å². The van der Waals surface area contributed by atoms with Crippen LogP contribution in [0.4, 0.5) is 4.39 Å². The molecule has 0 saturated carbocycles. The molecule has 1 atom stereocenters. The number of halogens is 1. The largest absolute Gasteiger partial charge is 0.354 e. The second-order valence-electron chi connectivity index (χ2n) is 7.30. The van der Waals surface area contributed by atoms with E-state index in [2.05, 4.69) is 32.5 Å². The maximum atomic E-state index is 13.0. The second-order valence-corrected chi connectivity index (χ2v) is 7.30. The van der Waals surface area contributed by atoms with Gasteiger partial charge in [-0.15, -0.1) is 0 Å². The summed E-state index contributed by atoms with van der Waals surface area (Å²) in [5.41, 5.74) is 3.38. The van der Waals surface area contributed by atoms with Gasteiger partial charge in [0.05, 0.1) is 12.6 Å². The van der Waals surface area contributed by atoms with E-state index in [0.717, 1.165) is 5.56 Å². The number of rotatable bonds is 6. The average Bonchev–Trinajstić information content (AvgIpc) is 3.13. The first-order valence-electron chi connectivity index (χ1n) is 9.70. The van der Waals surface area contributed by atoms with Gasteiger partial charge in [0.25, 0.3) is 0 Å². The van der Waals surface area contributed by atoms with Crippen LogP contribution in [0.25, 0.3) is 0 Å². The zero-order valence-corrected chi connectivity index (χ0v) is 16.3. The third-order valence-electron chi connectivity index (χ3n) is 5.18. The molecule has 2 heterocycles. The Balaban J connectivity index is 1.44. The fourth-order valence-corrected chi connectivity index (χ4v) is 3.68. The minimum Gasteiger partial charge on any atom is -0.354 e. The molecule has 7 heteroatoms. The number of amides is 1. The Morgan fingerprint density at radius 1 is 1.21 bits per heavy atom. The van der Waals surface area contributed by atoms with E-state index in [1.54, 1.807) is 19.1 Å². The van der Waals surface area contributed by atoms with Crippen molar-refractivity contribution < 1.29 is 13.7 Å². The molecular formula is C22H23FN4O2. The van der Waals surface area contributed by atoms with Crippen LogP contribution in [-0.4, -0.2) is 33.5 Å². The van der Waals surface area contributed by atoms with Crippen molar-refractivity contribution in [2.24, 2.45) is 0 Å². The Labute approximate surface area is 168 Å². The number of fused-ring (bicyclic) bond motifs is 1. The summed E-state index contributed by atoms with van der Waals surface area (Å²) in [6, 6.07) is 14.2. The van der Waals surface area contributed by atoms with Gasteiger partial charge in [-0.3, -0.25) is 9.69 Å². The van der Waals surface area contributed by atoms with Crippen LogP contribution in [0.3, 0.4) is 0 Å². The van der Waals surface area contributed by atoms with Crippen LogP contribution in [0, 0.1) is 12.7 Å². The number of hydrogen-bond acceptors (Lipinski definition) is 5. The van der Waals surface area contributed by atoms with Gasteiger partial charge >= 0.3 is 0 Å². The summed E-state index contributed by atoms with van der Waals surface area (Å²) < 4.78 is 18.3. The first-order chi connectivity index (χ1) is 14.1. The van der Waals surface area contributed by atoms with Gasteiger partial charge in [-0.2, -0.15) is 4.98 Å². The summed E-state index contributed by atoms with van der Waals surface area (Å²) in [5, 5.41) is 6.87. The number of carbonyl (C=O) groups excluding carboxylic acids is 1. The molecule has 1 aliphatic rings. The van der Waals surface area contributed by atoms with Crippen LogP contribution in [0.1, 0.15) is 28.4 Å². The van der Waals surface area contributed by atoms with Crippen LogP contribution in [0.2, 0.25) is 0 Å². The minimum atomic E-state index is -0.315. The van der Waals surface area contributed by atoms with Gasteiger partial charge in [-0.1, -0.05) is 41.6 Å². The third-order valence-corrected chi connectivity index (χ3v) is 5.18. The fourth-order valence-electron chi connectivity index (χ4n) is 3.68. The van der Waals surface area contributed by atoms with Crippen molar-refractivity contribution in [3.8, 4) is 0 Å². The van der Waals surface area contributed by atoms with Gasteiger partial charge < -0.3 is 9.84 Å². The molecule has 3 aromatic rings. The lowest BCUT2D eigenvalue weighted by atomic mass is 9.93. The summed E-state index contributed by atoms with van der Waals surface area (Å²) in [4.78, 5) is 19.3. The smallest absolute Gasteiger partial charge is 0.240 e. The first-order valence-corrected chi connectivity index (χ1v) is 9.70. The Hall–Kier alpha value is -3.06. The molecule has 150 valence electrons. The predicted octanol–water partition coefficient (Wildman–Crippen LogP) is 2.80. The highest BCUT2D eigenvalue weighted by Crippen LogP contribution is 2.25. The highest BCUT2D eigenvalue weighted by Gasteiger charge is 2.32. The number of benzene rings is 2. The lowest BCUT2D eigenvalue weighted by Crippen LogP contribution is -2.50. The summed E-state index contributed by atoms with van der Waals surface area (Å²) in [5.74, 6) is 0.798. The van der Waals surface area contributed by atoms with Crippen LogP contribution in [0.5, 0.6) is 0 Å². The maximum Gasteiger partial charge on any atom is 0.240 e. The average molecular weight is 394 g/mol. The van der Waals surface area contributed by atoms with Crippen molar-refractivity contribution in [3.05, 3.63) is 82.8 Å². The SMILES string of the molecule is Cc1noc(CN2Cc3ccccc3C[C@H]2C(=O)NCCc2ccc(F)cc2)n1. The highest BCUT2D eigenvalue weighted by molar-refractivity contribution is 5.82. The van der Waals surface area contributed by atoms with Gasteiger partial charge in [-0.25, -0.2) is 4.39 Å². The van der Waals surface area contributed by atoms with Crippen molar-refractivity contribution in [3.63, 3.8) is 0 Å². The highest BCUT2D eigenvalue weighted by atomic mass is 19.1. The van der Waals surface area contributed by atoms with Crippen LogP contribution in [-0.2, 0) is 30.7 Å². The molecule has 0 spiro atoms. The molecule has 0 bridgehead atoms. The van der Waals surface area contributed by atoms with E-state index in [4.69, 9.17) is 4.52 Å². The van der Waals surface area contributed by atoms with Gasteiger partial charge in [0.15, 0.2) is 5.82 Å². The van der Waals surface area contributed by atoms with Crippen molar-refractivity contribution in [2.45, 2.75) is 38.9 Å². The molecule has 1 amide bonds. The van der Waals surface area contributed by atoms with E-state index < -0.39 is 0 Å². The molecule has 1 aliphatic heterocycles. The van der Waals surface area contributed by atoms with E-state index in [1.807, 2.05) is 12.1 Å². The maximum absolute atomic E-state index is 13.0. The molecule has 4 rings (SSSR count). The molecule has 29 heavy (non-hydrogen) atoms. The summed E-state index contributed by atoms with van der Waals surface area (Å²) in [6.45, 7) is 3.34. The van der Waals surface area contributed by atoms with E-state index >= 15 is 0 Å². The second kappa shape index (κ2) is 8.53. The number of carbonyl (C=O) groups is 1. The van der Waals surface area contributed by atoms with E-state index in [1.165, 1.54) is 23.3 Å². The van der Waals surface area contributed by atoms with Crippen molar-refractivity contribution in [1.82, 2.24) is 20.4 Å². The number of nitrogens with zero attached hydrogens (tertiary/aromatic N) is 3. The topological polar surface area (TPSA) is 71.3 Å². The Morgan fingerprint density at radius 3 is 2.69 bits per heavy atom. The zero-order chi connectivity index (χ0) is 20.2. The van der Waals surface area contributed by atoms with Gasteiger partial charge in [0, 0.05) is 13.1 Å². The van der Waals surface area contributed by atoms with Gasteiger partial charge in [0.2, 0.25) is 11.8 Å². The standard InChI is InChI=1S/C22H23FN4O2/c1-15-25-21(29-26-15)14-27-13-18-5-3-2-4-17(18)12-20(27)22(28)24-11-10-16-6-8-19(23)9-7-16/h2-9,20H,10-14H2,1H3,(H,24,28)/t20-/m0/s1.